The van der Waals surface area contributed by atoms with E-state index in [0.29, 0.717) is 30.8 Å². The van der Waals surface area contributed by atoms with Crippen molar-refractivity contribution in [3.8, 4) is 0 Å². The number of hydrogen-bond acceptors (Lipinski definition) is 4. The molecule has 0 spiro atoms. The molecule has 0 bridgehead atoms. The molecule has 0 saturated carbocycles. The number of hydrogen-bond donors (Lipinski definition) is 2. The van der Waals surface area contributed by atoms with E-state index in [0.717, 1.165) is 30.8 Å². The van der Waals surface area contributed by atoms with E-state index in [1.54, 1.807) is 4.57 Å². The molecule has 0 aliphatic heterocycles. The van der Waals surface area contributed by atoms with Crippen molar-refractivity contribution < 1.29 is 0 Å². The van der Waals surface area contributed by atoms with Crippen molar-refractivity contribution in [2.75, 3.05) is 5.32 Å². The van der Waals surface area contributed by atoms with Crippen molar-refractivity contribution in [3.05, 3.63) is 56.5 Å². The van der Waals surface area contributed by atoms with Gasteiger partial charge >= 0.3 is 5.69 Å². The molecule has 0 aliphatic carbocycles. The third-order valence-electron chi connectivity index (χ3n) is 4.83. The first-order chi connectivity index (χ1) is 13.1. The van der Waals surface area contributed by atoms with Gasteiger partial charge in [-0.3, -0.25) is 14.3 Å². The minimum absolute atomic E-state index is 0.379. The van der Waals surface area contributed by atoms with E-state index >= 15 is 0 Å². The topological polar surface area (TPSA) is 84.7 Å². The van der Waals surface area contributed by atoms with E-state index in [4.69, 9.17) is 0 Å². The summed E-state index contributed by atoms with van der Waals surface area (Å²) < 4.78 is 3.45. The van der Waals surface area contributed by atoms with Crippen LogP contribution in [0, 0.1) is 0 Å². The van der Waals surface area contributed by atoms with Gasteiger partial charge in [-0.1, -0.05) is 32.4 Å². The molecule has 0 amide bonds. The van der Waals surface area contributed by atoms with Crippen LogP contribution in [-0.2, 0) is 26.1 Å². The summed E-state index contributed by atoms with van der Waals surface area (Å²) >= 11 is 0. The summed E-state index contributed by atoms with van der Waals surface area (Å²) in [5.74, 6) is 0.744. The standard InChI is InChI=1S/C20H27N5O2/c1-4-7-12-25-18-17(19(26)23-20(25)27)24(6-3)16(22-18)13-21-15-10-8-14(5-2)9-11-15/h8-11,21H,4-7,12-13H2,1-3H3,(H,23,26,27). The van der Waals surface area contributed by atoms with Crippen LogP contribution >= 0.6 is 0 Å². The van der Waals surface area contributed by atoms with Gasteiger partial charge in [-0.15, -0.1) is 0 Å². The predicted molar refractivity (Wildman–Crippen MR) is 108 cm³/mol. The first kappa shape index (κ1) is 18.9. The molecule has 3 aromatic rings. The lowest BCUT2D eigenvalue weighted by Gasteiger charge is -2.09. The largest absolute Gasteiger partial charge is 0.378 e. The average Bonchev–Trinajstić information content (AvgIpc) is 3.05. The summed E-state index contributed by atoms with van der Waals surface area (Å²) in [6, 6.07) is 8.28. The molecule has 0 aliphatic rings. The number of nitrogens with one attached hydrogen (secondary N) is 2. The van der Waals surface area contributed by atoms with E-state index in [2.05, 4.69) is 41.3 Å². The second-order valence-corrected chi connectivity index (χ2v) is 6.61. The Morgan fingerprint density at radius 3 is 2.44 bits per heavy atom. The van der Waals surface area contributed by atoms with Crippen LogP contribution < -0.4 is 16.6 Å². The van der Waals surface area contributed by atoms with Gasteiger partial charge in [0.2, 0.25) is 0 Å². The molecule has 7 heteroatoms. The first-order valence-electron chi connectivity index (χ1n) is 9.64. The van der Waals surface area contributed by atoms with Crippen molar-refractivity contribution in [1.82, 2.24) is 19.1 Å². The number of aryl methyl sites for hydroxylation is 3. The Kier molecular flexibility index (Phi) is 5.78. The van der Waals surface area contributed by atoms with Gasteiger partial charge in [0.25, 0.3) is 5.56 Å². The predicted octanol–water partition coefficient (Wildman–Crippen LogP) is 2.88. The maximum absolute atomic E-state index is 12.4. The molecule has 0 fully saturated rings. The number of imidazole rings is 1. The molecule has 1 aromatic carbocycles. The Hall–Kier alpha value is -2.83. The summed E-state index contributed by atoms with van der Waals surface area (Å²) in [4.78, 5) is 31.8. The molecule has 0 unspecified atom stereocenters. The number of aromatic nitrogens is 4. The summed E-state index contributed by atoms with van der Waals surface area (Å²) in [6.45, 7) is 7.81. The summed E-state index contributed by atoms with van der Waals surface area (Å²) in [6.07, 6.45) is 2.82. The van der Waals surface area contributed by atoms with E-state index in [-0.39, 0.29) is 5.56 Å². The van der Waals surface area contributed by atoms with Gasteiger partial charge in [0.1, 0.15) is 5.82 Å². The average molecular weight is 369 g/mol. The highest BCUT2D eigenvalue weighted by atomic mass is 16.2. The summed E-state index contributed by atoms with van der Waals surface area (Å²) in [5, 5.41) is 3.36. The fraction of sp³-hybridized carbons (Fsp3) is 0.450. The van der Waals surface area contributed by atoms with Crippen LogP contribution in [0.4, 0.5) is 5.69 Å². The molecule has 144 valence electrons. The number of nitrogens with zero attached hydrogens (tertiary/aromatic N) is 3. The van der Waals surface area contributed by atoms with Gasteiger partial charge in [-0.25, -0.2) is 9.78 Å². The van der Waals surface area contributed by atoms with E-state index in [1.807, 2.05) is 23.6 Å². The Morgan fingerprint density at radius 2 is 1.81 bits per heavy atom. The number of benzene rings is 1. The Labute approximate surface area is 158 Å². The molecule has 0 saturated heterocycles. The molecule has 2 heterocycles. The van der Waals surface area contributed by atoms with Gasteiger partial charge < -0.3 is 9.88 Å². The minimum atomic E-state index is -0.392. The highest BCUT2D eigenvalue weighted by Gasteiger charge is 2.17. The number of unbranched alkanes of at least 4 members (excludes halogenated alkanes) is 1. The van der Waals surface area contributed by atoms with Crippen LogP contribution in [0.25, 0.3) is 11.2 Å². The van der Waals surface area contributed by atoms with Gasteiger partial charge in [0.05, 0.1) is 6.54 Å². The number of H-pyrrole nitrogens is 1. The molecular weight excluding hydrogens is 342 g/mol. The highest BCUT2D eigenvalue weighted by Crippen LogP contribution is 2.15. The maximum Gasteiger partial charge on any atom is 0.330 e. The maximum atomic E-state index is 12.4. The highest BCUT2D eigenvalue weighted by molar-refractivity contribution is 5.71. The first-order valence-corrected chi connectivity index (χ1v) is 9.64. The van der Waals surface area contributed by atoms with Gasteiger partial charge in [-0.05, 0) is 37.5 Å². The van der Waals surface area contributed by atoms with E-state index in [1.165, 1.54) is 5.56 Å². The molecule has 0 atom stereocenters. The van der Waals surface area contributed by atoms with Crippen LogP contribution in [-0.4, -0.2) is 19.1 Å². The third-order valence-corrected chi connectivity index (χ3v) is 4.83. The second kappa shape index (κ2) is 8.24. The zero-order chi connectivity index (χ0) is 19.4. The number of rotatable bonds is 8. The smallest absolute Gasteiger partial charge is 0.330 e. The molecular formula is C20H27N5O2. The van der Waals surface area contributed by atoms with Gasteiger partial charge in [-0.2, -0.15) is 0 Å². The quantitative estimate of drug-likeness (QED) is 0.639. The Balaban J connectivity index is 1.98. The molecule has 0 radical (unpaired) electrons. The van der Waals surface area contributed by atoms with Crippen molar-refractivity contribution in [2.24, 2.45) is 0 Å². The lowest BCUT2D eigenvalue weighted by molar-refractivity contribution is 0.613. The van der Waals surface area contributed by atoms with Crippen molar-refractivity contribution in [1.29, 1.82) is 0 Å². The van der Waals surface area contributed by atoms with Crippen LogP contribution in [0.15, 0.2) is 33.9 Å². The normalized spacial score (nSPS) is 11.2. The monoisotopic (exact) mass is 369 g/mol. The SMILES string of the molecule is CCCCn1c(=O)[nH]c(=O)c2c1nc(CNc1ccc(CC)cc1)n2CC. The fourth-order valence-electron chi connectivity index (χ4n) is 3.26. The zero-order valence-corrected chi connectivity index (χ0v) is 16.2. The molecule has 3 rings (SSSR count). The minimum Gasteiger partial charge on any atom is -0.378 e. The molecule has 2 aromatic heterocycles. The summed E-state index contributed by atoms with van der Waals surface area (Å²) in [5.41, 5.74) is 2.45. The van der Waals surface area contributed by atoms with Crippen LogP contribution in [0.5, 0.6) is 0 Å². The van der Waals surface area contributed by atoms with Gasteiger partial charge in [0.15, 0.2) is 11.2 Å². The van der Waals surface area contributed by atoms with E-state index < -0.39 is 5.69 Å². The lowest BCUT2D eigenvalue weighted by atomic mass is 10.1. The second-order valence-electron chi connectivity index (χ2n) is 6.61. The number of fused-ring (bicyclic) bond motifs is 1. The summed E-state index contributed by atoms with van der Waals surface area (Å²) in [7, 11) is 0. The number of anilines is 1. The Morgan fingerprint density at radius 1 is 1.07 bits per heavy atom. The zero-order valence-electron chi connectivity index (χ0n) is 16.2. The molecule has 7 nitrogen and oxygen atoms in total. The number of aromatic amines is 1. The van der Waals surface area contributed by atoms with Gasteiger partial charge in [0, 0.05) is 18.8 Å². The van der Waals surface area contributed by atoms with Crippen molar-refractivity contribution in [3.63, 3.8) is 0 Å². The lowest BCUT2D eigenvalue weighted by Crippen LogP contribution is -2.31. The fourth-order valence-corrected chi connectivity index (χ4v) is 3.26. The van der Waals surface area contributed by atoms with Crippen LogP contribution in [0.3, 0.4) is 0 Å². The van der Waals surface area contributed by atoms with Crippen molar-refractivity contribution in [2.45, 2.75) is 59.7 Å². The van der Waals surface area contributed by atoms with E-state index in [9.17, 15) is 9.59 Å². The molecule has 2 N–H and O–H groups in total. The third kappa shape index (κ3) is 3.82. The van der Waals surface area contributed by atoms with Crippen LogP contribution in [0.1, 0.15) is 45.0 Å². The van der Waals surface area contributed by atoms with Crippen LogP contribution in [0.2, 0.25) is 0 Å². The Bertz CT molecular complexity index is 1030. The molecule has 27 heavy (non-hydrogen) atoms. The van der Waals surface area contributed by atoms with Crippen molar-refractivity contribution >= 4 is 16.9 Å².